The number of nitrogens with two attached hydrogens (primary N) is 1. The van der Waals surface area contributed by atoms with Crippen LogP contribution in [-0.4, -0.2) is 36.1 Å². The summed E-state index contributed by atoms with van der Waals surface area (Å²) in [7, 11) is 0. The van der Waals surface area contributed by atoms with Crippen LogP contribution in [-0.2, 0) is 14.3 Å². The molecule has 0 radical (unpaired) electrons. The minimum atomic E-state index is -0.957. The standard InChI is InChI=1S/C19H18N4O8/c1-2-29-18(25)15-13(21-19(26)22-16(15)14-4-3-7-30-14)9-31-17(24)11-6-5-10(23(27)28)8-12(11)20/h3-8,16H,2,9,20H2,1H3,(H2,21,22,26). The number of amides is 2. The molecule has 1 atom stereocenters. The number of nitrogens with one attached hydrogen (secondary N) is 2. The van der Waals surface area contributed by atoms with Gasteiger partial charge in [0.25, 0.3) is 5.69 Å². The number of nitrogens with zero attached hydrogens (tertiary/aromatic N) is 1. The quantitative estimate of drug-likeness (QED) is 0.256. The van der Waals surface area contributed by atoms with E-state index in [1.165, 1.54) is 6.26 Å². The number of anilines is 1. The van der Waals surface area contributed by atoms with Crippen LogP contribution in [0.1, 0.15) is 29.1 Å². The van der Waals surface area contributed by atoms with E-state index >= 15 is 0 Å². The number of non-ortho nitro benzene ring substituents is 1. The zero-order chi connectivity index (χ0) is 22.5. The minimum Gasteiger partial charge on any atom is -0.467 e. The SMILES string of the molecule is CCOC(=O)C1=C(COC(=O)c2ccc([N+](=O)[O-])cc2N)NC(=O)NC1c1ccco1. The van der Waals surface area contributed by atoms with Crippen molar-refractivity contribution in [3.8, 4) is 0 Å². The Morgan fingerprint density at radius 3 is 2.65 bits per heavy atom. The lowest BCUT2D eigenvalue weighted by Crippen LogP contribution is -2.47. The van der Waals surface area contributed by atoms with E-state index < -0.39 is 35.5 Å². The molecule has 4 N–H and O–H groups in total. The molecule has 2 heterocycles. The van der Waals surface area contributed by atoms with E-state index in [1.54, 1.807) is 19.1 Å². The van der Waals surface area contributed by atoms with Crippen LogP contribution in [0.2, 0.25) is 0 Å². The summed E-state index contributed by atoms with van der Waals surface area (Å²) in [5.74, 6) is -1.36. The molecule has 0 bridgehead atoms. The third-order valence-corrected chi connectivity index (χ3v) is 4.29. The third kappa shape index (κ3) is 4.63. The molecule has 1 aliphatic rings. The van der Waals surface area contributed by atoms with Gasteiger partial charge in [-0.3, -0.25) is 10.1 Å². The summed E-state index contributed by atoms with van der Waals surface area (Å²) in [6.45, 7) is 1.20. The van der Waals surface area contributed by atoms with Crippen molar-refractivity contribution in [3.05, 3.63) is 69.3 Å². The van der Waals surface area contributed by atoms with E-state index in [1.807, 2.05) is 0 Å². The van der Waals surface area contributed by atoms with E-state index in [-0.39, 0.29) is 40.6 Å². The van der Waals surface area contributed by atoms with Gasteiger partial charge in [-0.15, -0.1) is 0 Å². The van der Waals surface area contributed by atoms with Crippen LogP contribution in [0, 0.1) is 10.1 Å². The van der Waals surface area contributed by atoms with Gasteiger partial charge < -0.3 is 30.3 Å². The van der Waals surface area contributed by atoms with E-state index in [9.17, 15) is 24.5 Å². The Morgan fingerprint density at radius 1 is 1.26 bits per heavy atom. The number of urea groups is 1. The zero-order valence-corrected chi connectivity index (χ0v) is 16.2. The summed E-state index contributed by atoms with van der Waals surface area (Å²) < 4.78 is 15.6. The Bertz CT molecular complexity index is 1060. The number of carbonyl (C=O) groups is 3. The van der Waals surface area contributed by atoms with Crippen molar-refractivity contribution in [2.24, 2.45) is 0 Å². The van der Waals surface area contributed by atoms with Gasteiger partial charge in [0.2, 0.25) is 0 Å². The predicted octanol–water partition coefficient (Wildman–Crippen LogP) is 1.80. The predicted molar refractivity (Wildman–Crippen MR) is 105 cm³/mol. The first-order valence-electron chi connectivity index (χ1n) is 9.04. The van der Waals surface area contributed by atoms with Crippen LogP contribution < -0.4 is 16.4 Å². The molecule has 3 rings (SSSR count). The van der Waals surface area contributed by atoms with Crippen LogP contribution in [0.3, 0.4) is 0 Å². The second-order valence-corrected chi connectivity index (χ2v) is 6.26. The first kappa shape index (κ1) is 21.4. The van der Waals surface area contributed by atoms with Crippen molar-refractivity contribution in [1.82, 2.24) is 10.6 Å². The van der Waals surface area contributed by atoms with Crippen molar-refractivity contribution < 1.29 is 33.2 Å². The van der Waals surface area contributed by atoms with E-state index in [0.717, 1.165) is 18.2 Å². The van der Waals surface area contributed by atoms with Crippen molar-refractivity contribution in [2.75, 3.05) is 18.9 Å². The van der Waals surface area contributed by atoms with Crippen molar-refractivity contribution in [1.29, 1.82) is 0 Å². The first-order chi connectivity index (χ1) is 14.8. The van der Waals surface area contributed by atoms with Crippen molar-refractivity contribution >= 4 is 29.3 Å². The maximum Gasteiger partial charge on any atom is 0.340 e. The number of carbonyl (C=O) groups excluding carboxylic acids is 3. The molecule has 0 spiro atoms. The lowest BCUT2D eigenvalue weighted by atomic mass is 10.0. The van der Waals surface area contributed by atoms with Gasteiger partial charge in [0, 0.05) is 12.1 Å². The Hall–Kier alpha value is -4.35. The molecule has 0 aliphatic carbocycles. The number of nitro benzene ring substituents is 1. The number of furan rings is 1. The largest absolute Gasteiger partial charge is 0.467 e. The summed E-state index contributed by atoms with van der Waals surface area (Å²) in [5.41, 5.74) is 5.17. The molecule has 2 aromatic rings. The first-order valence-corrected chi connectivity index (χ1v) is 9.04. The maximum atomic E-state index is 12.6. The molecule has 0 fully saturated rings. The van der Waals surface area contributed by atoms with Gasteiger partial charge in [-0.1, -0.05) is 0 Å². The monoisotopic (exact) mass is 430 g/mol. The summed E-state index contributed by atoms with van der Waals surface area (Å²) in [5, 5.41) is 15.8. The molecule has 12 nitrogen and oxygen atoms in total. The fraction of sp³-hybridized carbons (Fsp3) is 0.211. The second-order valence-electron chi connectivity index (χ2n) is 6.26. The highest BCUT2D eigenvalue weighted by molar-refractivity contribution is 5.97. The minimum absolute atomic E-state index is 0.000807. The normalized spacial score (nSPS) is 15.6. The number of ether oxygens (including phenoxy) is 2. The lowest BCUT2D eigenvalue weighted by molar-refractivity contribution is -0.384. The van der Waals surface area contributed by atoms with Crippen LogP contribution >= 0.6 is 0 Å². The van der Waals surface area contributed by atoms with E-state index in [4.69, 9.17) is 19.6 Å². The Labute approximate surface area is 175 Å². The Morgan fingerprint density at radius 2 is 2.03 bits per heavy atom. The number of benzene rings is 1. The number of rotatable bonds is 7. The summed E-state index contributed by atoms with van der Waals surface area (Å²) >= 11 is 0. The summed E-state index contributed by atoms with van der Waals surface area (Å²) in [6.07, 6.45) is 1.38. The maximum absolute atomic E-state index is 12.6. The molecule has 1 aromatic heterocycles. The molecular formula is C19H18N4O8. The van der Waals surface area contributed by atoms with Gasteiger partial charge in [-0.2, -0.15) is 0 Å². The number of hydrogen-bond acceptors (Lipinski definition) is 9. The smallest absolute Gasteiger partial charge is 0.340 e. The summed E-state index contributed by atoms with van der Waals surface area (Å²) in [4.78, 5) is 47.2. The molecule has 0 saturated carbocycles. The van der Waals surface area contributed by atoms with E-state index in [2.05, 4.69) is 10.6 Å². The van der Waals surface area contributed by atoms with E-state index in [0.29, 0.717) is 0 Å². The third-order valence-electron chi connectivity index (χ3n) is 4.29. The lowest BCUT2D eigenvalue weighted by Gasteiger charge is -2.27. The number of hydrogen-bond donors (Lipinski definition) is 3. The van der Waals surface area contributed by atoms with Gasteiger partial charge in [0.15, 0.2) is 0 Å². The van der Waals surface area contributed by atoms with Gasteiger partial charge in [0.05, 0.1) is 40.3 Å². The average Bonchev–Trinajstić information content (AvgIpc) is 3.26. The zero-order valence-electron chi connectivity index (χ0n) is 16.2. The van der Waals surface area contributed by atoms with Crippen LogP contribution in [0.5, 0.6) is 0 Å². The van der Waals surface area contributed by atoms with Gasteiger partial charge >= 0.3 is 18.0 Å². The van der Waals surface area contributed by atoms with Crippen LogP contribution in [0.25, 0.3) is 0 Å². The highest BCUT2D eigenvalue weighted by Crippen LogP contribution is 2.28. The number of nitrogen functional groups attached to an aromatic ring is 1. The van der Waals surface area contributed by atoms with Crippen LogP contribution in [0.4, 0.5) is 16.2 Å². The number of esters is 2. The van der Waals surface area contributed by atoms with Gasteiger partial charge in [0.1, 0.15) is 18.4 Å². The van der Waals surface area contributed by atoms with Crippen LogP contribution in [0.15, 0.2) is 52.3 Å². The number of nitro groups is 1. The molecule has 1 aliphatic heterocycles. The highest BCUT2D eigenvalue weighted by Gasteiger charge is 2.35. The Balaban J connectivity index is 1.88. The van der Waals surface area contributed by atoms with Gasteiger partial charge in [-0.05, 0) is 25.1 Å². The molecule has 162 valence electrons. The summed E-state index contributed by atoms with van der Waals surface area (Å²) in [6, 6.07) is 4.84. The van der Waals surface area contributed by atoms with Gasteiger partial charge in [-0.25, -0.2) is 14.4 Å². The van der Waals surface area contributed by atoms with Crippen molar-refractivity contribution in [3.63, 3.8) is 0 Å². The molecule has 2 amide bonds. The molecule has 12 heteroatoms. The molecule has 1 aromatic carbocycles. The Kier molecular flexibility index (Phi) is 6.19. The fourth-order valence-corrected chi connectivity index (χ4v) is 2.92. The molecular weight excluding hydrogens is 412 g/mol. The molecule has 1 unspecified atom stereocenters. The fourth-order valence-electron chi connectivity index (χ4n) is 2.92. The second kappa shape index (κ2) is 8.98. The highest BCUT2D eigenvalue weighted by atomic mass is 16.6. The molecule has 0 saturated heterocycles. The molecule has 31 heavy (non-hydrogen) atoms. The topological polar surface area (TPSA) is 176 Å². The average molecular weight is 430 g/mol. The van der Waals surface area contributed by atoms with Crippen molar-refractivity contribution in [2.45, 2.75) is 13.0 Å².